The first-order valence-electron chi connectivity index (χ1n) is 8.24. The molecule has 0 atom stereocenters. The van der Waals surface area contributed by atoms with Gasteiger partial charge in [0.05, 0.1) is 11.9 Å². The molecule has 1 N–H and O–H groups in total. The molecular weight excluding hydrogens is 366 g/mol. The van der Waals surface area contributed by atoms with Crippen molar-refractivity contribution in [3.63, 3.8) is 0 Å². The van der Waals surface area contributed by atoms with Gasteiger partial charge in [-0.15, -0.1) is 0 Å². The minimum Gasteiger partial charge on any atom is -0.378 e. The van der Waals surface area contributed by atoms with Gasteiger partial charge in [-0.25, -0.2) is 8.42 Å². The van der Waals surface area contributed by atoms with E-state index < -0.39 is 15.9 Å². The van der Waals surface area contributed by atoms with Crippen molar-refractivity contribution in [1.82, 2.24) is 0 Å². The maximum Gasteiger partial charge on any atom is 0.245 e. The van der Waals surface area contributed by atoms with Crippen LogP contribution in [0.1, 0.15) is 17.3 Å². The van der Waals surface area contributed by atoms with E-state index in [2.05, 4.69) is 5.32 Å². The van der Waals surface area contributed by atoms with Crippen LogP contribution in [0.4, 0.5) is 17.1 Å². The summed E-state index contributed by atoms with van der Waals surface area (Å²) in [7, 11) is 0.148. The molecule has 0 fully saturated rings. The molecule has 0 aromatic heterocycles. The number of nitrogens with zero attached hydrogens (tertiary/aromatic N) is 2. The zero-order chi connectivity index (χ0) is 20.2. The maximum absolute atomic E-state index is 12.4. The molecule has 0 unspecified atom stereocenters. The normalized spacial score (nSPS) is 11.0. The highest BCUT2D eigenvalue weighted by molar-refractivity contribution is 7.92. The smallest absolute Gasteiger partial charge is 0.245 e. The number of carbonyl (C=O) groups is 2. The van der Waals surface area contributed by atoms with Crippen molar-refractivity contribution >= 4 is 38.8 Å². The minimum absolute atomic E-state index is 0.119. The fourth-order valence-electron chi connectivity index (χ4n) is 2.44. The Hall–Kier alpha value is -2.87. The summed E-state index contributed by atoms with van der Waals surface area (Å²) >= 11 is 0. The van der Waals surface area contributed by atoms with Crippen molar-refractivity contribution < 1.29 is 18.0 Å². The van der Waals surface area contributed by atoms with Crippen LogP contribution < -0.4 is 14.5 Å². The molecule has 2 aromatic rings. The molecular formula is C19H23N3O4S. The van der Waals surface area contributed by atoms with Gasteiger partial charge in [-0.2, -0.15) is 0 Å². The van der Waals surface area contributed by atoms with E-state index >= 15 is 0 Å². The molecule has 0 aliphatic rings. The number of nitrogens with one attached hydrogen (secondary N) is 1. The number of rotatable bonds is 7. The van der Waals surface area contributed by atoms with Gasteiger partial charge in [-0.1, -0.05) is 0 Å². The van der Waals surface area contributed by atoms with Crippen LogP contribution in [-0.4, -0.2) is 47.0 Å². The molecule has 2 rings (SSSR count). The van der Waals surface area contributed by atoms with Crippen LogP contribution in [-0.2, 0) is 14.8 Å². The first-order valence-corrected chi connectivity index (χ1v) is 10.1. The fraction of sp³-hybridized carbons (Fsp3) is 0.263. The number of benzene rings is 2. The number of hydrogen-bond donors (Lipinski definition) is 1. The summed E-state index contributed by atoms with van der Waals surface area (Å²) in [4.78, 5) is 25.7. The highest BCUT2D eigenvalue weighted by Crippen LogP contribution is 2.20. The van der Waals surface area contributed by atoms with Gasteiger partial charge in [0.25, 0.3) is 0 Å². The van der Waals surface area contributed by atoms with Crippen molar-refractivity contribution in [2.75, 3.05) is 41.4 Å². The van der Waals surface area contributed by atoms with Gasteiger partial charge in [0.15, 0.2) is 5.78 Å². The molecule has 0 radical (unpaired) electrons. The summed E-state index contributed by atoms with van der Waals surface area (Å²) in [6.45, 7) is 1.06. The van der Waals surface area contributed by atoms with Gasteiger partial charge >= 0.3 is 0 Å². The quantitative estimate of drug-likeness (QED) is 0.735. The topological polar surface area (TPSA) is 86.8 Å². The maximum atomic E-state index is 12.4. The first kappa shape index (κ1) is 20.4. The second-order valence-electron chi connectivity index (χ2n) is 6.36. The molecule has 0 saturated carbocycles. The molecule has 27 heavy (non-hydrogen) atoms. The largest absolute Gasteiger partial charge is 0.378 e. The summed E-state index contributed by atoms with van der Waals surface area (Å²) in [6, 6.07) is 13.3. The molecule has 0 heterocycles. The van der Waals surface area contributed by atoms with Gasteiger partial charge in [0.2, 0.25) is 15.9 Å². The molecule has 144 valence electrons. The lowest BCUT2D eigenvalue weighted by Gasteiger charge is -2.22. The van der Waals surface area contributed by atoms with E-state index in [1.54, 1.807) is 12.1 Å². The van der Waals surface area contributed by atoms with Crippen molar-refractivity contribution in [3.8, 4) is 0 Å². The number of amides is 1. The molecule has 0 spiro atoms. The Morgan fingerprint density at radius 1 is 0.926 bits per heavy atom. The lowest BCUT2D eigenvalue weighted by atomic mass is 10.1. The van der Waals surface area contributed by atoms with Gasteiger partial charge < -0.3 is 10.2 Å². The lowest BCUT2D eigenvalue weighted by molar-refractivity contribution is -0.114. The van der Waals surface area contributed by atoms with E-state index in [1.807, 2.05) is 31.1 Å². The second kappa shape index (κ2) is 8.22. The third-order valence-electron chi connectivity index (χ3n) is 3.92. The van der Waals surface area contributed by atoms with Crippen molar-refractivity contribution in [2.24, 2.45) is 0 Å². The number of hydrogen-bond acceptors (Lipinski definition) is 5. The van der Waals surface area contributed by atoms with Crippen LogP contribution in [0.15, 0.2) is 48.5 Å². The summed E-state index contributed by atoms with van der Waals surface area (Å²) in [5, 5.41) is 2.69. The zero-order valence-electron chi connectivity index (χ0n) is 15.8. The Morgan fingerprint density at radius 3 is 1.89 bits per heavy atom. The third-order valence-corrected chi connectivity index (χ3v) is 5.06. The SMILES string of the molecule is CC(=O)c1ccc(N(CC(=O)Nc2ccc(N(C)C)cc2)S(C)(=O)=O)cc1. The average molecular weight is 389 g/mol. The van der Waals surface area contributed by atoms with Crippen LogP contribution in [0.3, 0.4) is 0 Å². The highest BCUT2D eigenvalue weighted by atomic mass is 32.2. The van der Waals surface area contributed by atoms with E-state index in [0.717, 1.165) is 16.2 Å². The predicted molar refractivity (Wildman–Crippen MR) is 108 cm³/mol. The summed E-state index contributed by atoms with van der Waals surface area (Å²) in [6.07, 6.45) is 1.03. The van der Waals surface area contributed by atoms with Gasteiger partial charge in [0, 0.05) is 31.0 Å². The third kappa shape index (κ3) is 5.55. The molecule has 0 saturated heterocycles. The van der Waals surface area contributed by atoms with Crippen molar-refractivity contribution in [1.29, 1.82) is 0 Å². The number of carbonyl (C=O) groups excluding carboxylic acids is 2. The van der Waals surface area contributed by atoms with E-state index in [0.29, 0.717) is 16.9 Å². The molecule has 0 bridgehead atoms. The average Bonchev–Trinajstić information content (AvgIpc) is 2.59. The number of anilines is 3. The summed E-state index contributed by atoms with van der Waals surface area (Å²) < 4.78 is 25.3. The van der Waals surface area contributed by atoms with Crippen molar-refractivity contribution in [2.45, 2.75) is 6.92 Å². The Bertz CT molecular complexity index is 920. The predicted octanol–water partition coefficient (Wildman–Crippen LogP) is 2.36. The molecule has 0 aliphatic carbocycles. The van der Waals surface area contributed by atoms with Crippen LogP contribution >= 0.6 is 0 Å². The molecule has 8 heteroatoms. The highest BCUT2D eigenvalue weighted by Gasteiger charge is 2.21. The Balaban J connectivity index is 2.16. The van der Waals surface area contributed by atoms with E-state index in [1.165, 1.54) is 31.2 Å². The number of sulfonamides is 1. The van der Waals surface area contributed by atoms with Crippen LogP contribution in [0.2, 0.25) is 0 Å². The molecule has 0 aliphatic heterocycles. The summed E-state index contributed by atoms with van der Waals surface area (Å²) in [5.41, 5.74) is 2.35. The van der Waals surface area contributed by atoms with E-state index in [9.17, 15) is 18.0 Å². The Labute approximate surface area is 159 Å². The van der Waals surface area contributed by atoms with Crippen LogP contribution in [0, 0.1) is 0 Å². The second-order valence-corrected chi connectivity index (χ2v) is 8.27. The van der Waals surface area contributed by atoms with E-state index in [-0.39, 0.29) is 12.3 Å². The fourth-order valence-corrected chi connectivity index (χ4v) is 3.29. The molecule has 1 amide bonds. The number of ketones is 1. The van der Waals surface area contributed by atoms with Gasteiger partial charge in [-0.3, -0.25) is 13.9 Å². The lowest BCUT2D eigenvalue weighted by Crippen LogP contribution is -2.37. The Morgan fingerprint density at radius 2 is 1.44 bits per heavy atom. The van der Waals surface area contributed by atoms with Crippen molar-refractivity contribution in [3.05, 3.63) is 54.1 Å². The summed E-state index contributed by atoms with van der Waals surface area (Å²) in [5.74, 6) is -0.583. The van der Waals surface area contributed by atoms with Crippen LogP contribution in [0.5, 0.6) is 0 Å². The Kier molecular flexibility index (Phi) is 6.22. The van der Waals surface area contributed by atoms with Gasteiger partial charge in [0.1, 0.15) is 6.54 Å². The zero-order valence-corrected chi connectivity index (χ0v) is 16.6. The van der Waals surface area contributed by atoms with Crippen LogP contribution in [0.25, 0.3) is 0 Å². The minimum atomic E-state index is -3.68. The monoisotopic (exact) mass is 389 g/mol. The van der Waals surface area contributed by atoms with Gasteiger partial charge in [-0.05, 0) is 55.5 Å². The number of Topliss-reactive ketones (excluding diaryl/α,β-unsaturated/α-hetero) is 1. The molecule has 7 nitrogen and oxygen atoms in total. The van der Waals surface area contributed by atoms with E-state index in [4.69, 9.17) is 0 Å². The molecule has 2 aromatic carbocycles. The first-order chi connectivity index (χ1) is 12.6. The standard InChI is InChI=1S/C19H23N3O4S/c1-14(23)15-5-9-18(10-6-15)22(27(4,25)26)13-19(24)20-16-7-11-17(12-8-16)21(2)3/h5-12H,13H2,1-4H3,(H,20,24).